The first kappa shape index (κ1) is 21.6. The van der Waals surface area contributed by atoms with Gasteiger partial charge in [0.25, 0.3) is 5.91 Å². The van der Waals surface area contributed by atoms with Crippen molar-refractivity contribution in [3.63, 3.8) is 0 Å². The summed E-state index contributed by atoms with van der Waals surface area (Å²) >= 11 is 0. The van der Waals surface area contributed by atoms with E-state index < -0.39 is 21.7 Å². The number of nitrogens with zero attached hydrogens (tertiary/aromatic N) is 5. The molecular weight excluding hydrogens is 447 g/mol. The minimum Gasteiger partial charge on any atom is -0.353 e. The van der Waals surface area contributed by atoms with Crippen molar-refractivity contribution in [1.82, 2.24) is 19.5 Å². The summed E-state index contributed by atoms with van der Waals surface area (Å²) in [4.78, 5) is 22.1. The Morgan fingerprint density at radius 1 is 1.15 bits per heavy atom. The van der Waals surface area contributed by atoms with Crippen molar-refractivity contribution in [2.75, 3.05) is 35.5 Å². The van der Waals surface area contributed by atoms with E-state index in [0.717, 1.165) is 67.2 Å². The van der Waals surface area contributed by atoms with Gasteiger partial charge in [0.05, 0.1) is 29.2 Å². The third-order valence-corrected chi connectivity index (χ3v) is 6.58. The van der Waals surface area contributed by atoms with Crippen LogP contribution in [0.4, 0.5) is 15.9 Å². The summed E-state index contributed by atoms with van der Waals surface area (Å²) < 4.78 is 41.7. The van der Waals surface area contributed by atoms with Gasteiger partial charge in [0.15, 0.2) is 5.65 Å². The van der Waals surface area contributed by atoms with E-state index in [2.05, 4.69) is 9.62 Å². The molecule has 9 nitrogen and oxygen atoms in total. The molecule has 11 heteroatoms. The Morgan fingerprint density at radius 3 is 2.67 bits per heavy atom. The lowest BCUT2D eigenvalue weighted by atomic mass is 9.98. The topological polar surface area (TPSA) is 99.7 Å². The molecule has 1 amide bonds. The number of nitrogens with one attached hydrogen (secondary N) is 1. The number of carbonyl (C=O) groups is 1. The van der Waals surface area contributed by atoms with Gasteiger partial charge in [0.1, 0.15) is 11.6 Å². The second kappa shape index (κ2) is 7.98. The Hall–Kier alpha value is -3.21. The zero-order valence-corrected chi connectivity index (χ0v) is 19.3. The Bertz CT molecular complexity index is 1350. The van der Waals surface area contributed by atoms with Crippen LogP contribution in [-0.2, 0) is 10.0 Å². The molecule has 3 aromatic rings. The second-order valence-corrected chi connectivity index (χ2v) is 10.4. The number of sulfonamides is 1. The highest BCUT2D eigenvalue weighted by atomic mass is 32.2. The number of anilines is 2. The maximum atomic E-state index is 14.0. The summed E-state index contributed by atoms with van der Waals surface area (Å²) in [7, 11) is -3.64. The van der Waals surface area contributed by atoms with E-state index in [1.54, 1.807) is 9.42 Å². The number of rotatable bonds is 5. The number of likely N-dealkylation sites (tertiary alicyclic amines) is 1. The number of piperidine rings is 1. The number of amides is 1. The van der Waals surface area contributed by atoms with Crippen LogP contribution in [0, 0.1) is 12.7 Å². The number of benzene rings is 1. The maximum absolute atomic E-state index is 14.0. The van der Waals surface area contributed by atoms with Crippen molar-refractivity contribution < 1.29 is 17.6 Å². The van der Waals surface area contributed by atoms with Gasteiger partial charge in [-0.05, 0) is 44.4 Å². The quantitative estimate of drug-likeness (QED) is 0.574. The number of aryl methyl sites for hydroxylation is 1. The van der Waals surface area contributed by atoms with Crippen LogP contribution in [0.3, 0.4) is 0 Å². The summed E-state index contributed by atoms with van der Waals surface area (Å²) in [6, 6.07) is 7.06. The van der Waals surface area contributed by atoms with Gasteiger partial charge < -0.3 is 9.80 Å². The lowest BCUT2D eigenvalue weighted by molar-refractivity contribution is 0.0606. The fourth-order valence-corrected chi connectivity index (χ4v) is 4.93. The molecule has 5 rings (SSSR count). The SMILES string of the molecule is Cc1cc(N2CC2)nc2cc([C@@H]3CCCCN3C(=O)c3cc(F)ccc3NS(C)(=O)=O)nn12. The van der Waals surface area contributed by atoms with Crippen LogP contribution in [0.25, 0.3) is 5.65 Å². The molecule has 1 aromatic carbocycles. The van der Waals surface area contributed by atoms with Gasteiger partial charge in [0.2, 0.25) is 10.0 Å². The van der Waals surface area contributed by atoms with Crippen molar-refractivity contribution in [2.24, 2.45) is 0 Å². The number of hydrogen-bond acceptors (Lipinski definition) is 6. The summed E-state index contributed by atoms with van der Waals surface area (Å²) in [5.74, 6) is -0.128. The van der Waals surface area contributed by atoms with Crippen LogP contribution >= 0.6 is 0 Å². The molecule has 174 valence electrons. The third kappa shape index (κ3) is 4.37. The molecule has 0 radical (unpaired) electrons. The molecular formula is C22H25FN6O3S. The van der Waals surface area contributed by atoms with Gasteiger partial charge in [-0.15, -0.1) is 0 Å². The highest BCUT2D eigenvalue weighted by Gasteiger charge is 2.32. The molecule has 4 heterocycles. The molecule has 0 bridgehead atoms. The van der Waals surface area contributed by atoms with Crippen molar-refractivity contribution in [3.05, 3.63) is 53.1 Å². The predicted octanol–water partition coefficient (Wildman–Crippen LogP) is 2.74. The van der Waals surface area contributed by atoms with E-state index in [9.17, 15) is 17.6 Å². The van der Waals surface area contributed by atoms with E-state index in [0.29, 0.717) is 13.0 Å². The van der Waals surface area contributed by atoms with Crippen molar-refractivity contribution in [2.45, 2.75) is 32.2 Å². The lowest BCUT2D eigenvalue weighted by Gasteiger charge is -2.35. The molecule has 2 saturated heterocycles. The zero-order chi connectivity index (χ0) is 23.3. The lowest BCUT2D eigenvalue weighted by Crippen LogP contribution is -2.39. The van der Waals surface area contributed by atoms with Gasteiger partial charge >= 0.3 is 0 Å². The highest BCUT2D eigenvalue weighted by molar-refractivity contribution is 7.92. The number of halogens is 1. The van der Waals surface area contributed by atoms with Gasteiger partial charge in [0, 0.05) is 37.5 Å². The standard InChI is InChI=1S/C22H25FN6O3S/c1-14-11-20(27-9-10-27)24-21-13-18(25-29(14)21)19-5-3-4-8-28(19)22(30)16-12-15(23)6-7-17(16)26-33(2,31)32/h6-7,11-13,19,26H,3-5,8-10H2,1-2H3/t19-/m0/s1. The molecule has 0 unspecified atom stereocenters. The number of carbonyl (C=O) groups excluding carboxylic acids is 1. The van der Waals surface area contributed by atoms with Crippen LogP contribution in [0.15, 0.2) is 30.3 Å². The average Bonchev–Trinajstić information content (AvgIpc) is 3.52. The van der Waals surface area contributed by atoms with Crippen molar-refractivity contribution in [1.29, 1.82) is 0 Å². The summed E-state index contributed by atoms with van der Waals surface area (Å²) in [5.41, 5.74) is 2.43. The zero-order valence-electron chi connectivity index (χ0n) is 18.5. The largest absolute Gasteiger partial charge is 0.353 e. The fourth-order valence-electron chi connectivity index (χ4n) is 4.35. The maximum Gasteiger partial charge on any atom is 0.256 e. The molecule has 0 saturated carbocycles. The average molecular weight is 473 g/mol. The van der Waals surface area contributed by atoms with Crippen LogP contribution < -0.4 is 9.62 Å². The van der Waals surface area contributed by atoms with E-state index in [4.69, 9.17) is 10.1 Å². The fraction of sp³-hybridized carbons (Fsp3) is 0.409. The van der Waals surface area contributed by atoms with Crippen LogP contribution in [-0.4, -0.2) is 59.7 Å². The van der Waals surface area contributed by atoms with Gasteiger partial charge in [-0.3, -0.25) is 9.52 Å². The minimum atomic E-state index is -3.64. The molecule has 2 aliphatic heterocycles. The monoisotopic (exact) mass is 472 g/mol. The molecule has 0 aliphatic carbocycles. The Labute approximate surface area is 191 Å². The van der Waals surface area contributed by atoms with Crippen LogP contribution in [0.2, 0.25) is 0 Å². The number of aromatic nitrogens is 3. The molecule has 0 spiro atoms. The molecule has 2 fully saturated rings. The van der Waals surface area contributed by atoms with E-state index in [1.165, 1.54) is 6.07 Å². The normalized spacial score (nSPS) is 18.6. The number of hydrogen-bond donors (Lipinski definition) is 1. The first-order valence-corrected chi connectivity index (χ1v) is 12.8. The summed E-state index contributed by atoms with van der Waals surface area (Å²) in [6.45, 7) is 4.42. The third-order valence-electron chi connectivity index (χ3n) is 5.99. The highest BCUT2D eigenvalue weighted by Crippen LogP contribution is 2.34. The molecule has 2 aliphatic rings. The summed E-state index contributed by atoms with van der Waals surface area (Å²) in [5, 5.41) is 4.74. The molecule has 33 heavy (non-hydrogen) atoms. The molecule has 1 atom stereocenters. The minimum absolute atomic E-state index is 0.0192. The summed E-state index contributed by atoms with van der Waals surface area (Å²) in [6.07, 6.45) is 3.42. The molecule has 2 aromatic heterocycles. The first-order valence-electron chi connectivity index (χ1n) is 10.9. The van der Waals surface area contributed by atoms with Gasteiger partial charge in [-0.1, -0.05) is 0 Å². The van der Waals surface area contributed by atoms with Gasteiger partial charge in [-0.2, -0.15) is 5.10 Å². The Balaban J connectivity index is 1.52. The van der Waals surface area contributed by atoms with Crippen LogP contribution in [0.1, 0.15) is 47.1 Å². The van der Waals surface area contributed by atoms with E-state index in [-0.39, 0.29) is 17.3 Å². The predicted molar refractivity (Wildman–Crippen MR) is 122 cm³/mol. The Morgan fingerprint density at radius 2 is 1.94 bits per heavy atom. The Kier molecular flexibility index (Phi) is 5.23. The van der Waals surface area contributed by atoms with E-state index in [1.807, 2.05) is 19.1 Å². The van der Waals surface area contributed by atoms with Crippen molar-refractivity contribution >= 4 is 33.1 Å². The second-order valence-electron chi connectivity index (χ2n) is 8.66. The number of fused-ring (bicyclic) bond motifs is 1. The van der Waals surface area contributed by atoms with Gasteiger partial charge in [-0.25, -0.2) is 22.3 Å². The smallest absolute Gasteiger partial charge is 0.256 e. The van der Waals surface area contributed by atoms with E-state index >= 15 is 0 Å². The first-order chi connectivity index (χ1) is 15.7. The van der Waals surface area contributed by atoms with Crippen LogP contribution in [0.5, 0.6) is 0 Å². The molecule has 1 N–H and O–H groups in total. The van der Waals surface area contributed by atoms with Crippen molar-refractivity contribution in [3.8, 4) is 0 Å².